The lowest BCUT2D eigenvalue weighted by Gasteiger charge is -1.98. The maximum absolute atomic E-state index is 10.8. The third-order valence-corrected chi connectivity index (χ3v) is 1.82. The van der Waals surface area contributed by atoms with Crippen molar-refractivity contribution in [3.05, 3.63) is 34.4 Å². The van der Waals surface area contributed by atoms with E-state index in [4.69, 9.17) is 0 Å². The Bertz CT molecular complexity index is 429. The van der Waals surface area contributed by atoms with Gasteiger partial charge in [0.05, 0.1) is 10.6 Å². The van der Waals surface area contributed by atoms with Crippen LogP contribution in [-0.2, 0) is 4.79 Å². The van der Waals surface area contributed by atoms with Gasteiger partial charge in [-0.05, 0) is 12.1 Å². The largest absolute Gasteiger partial charge is 0.358 e. The third kappa shape index (κ3) is 4.24. The van der Waals surface area contributed by atoms with E-state index in [2.05, 4.69) is 21.1 Å². The topological polar surface area (TPSA) is 109 Å². The van der Waals surface area contributed by atoms with E-state index in [1.807, 2.05) is 0 Å². The van der Waals surface area contributed by atoms with E-state index in [9.17, 15) is 14.9 Å². The lowest BCUT2D eigenvalue weighted by Crippen LogP contribution is -2.20. The second kappa shape index (κ2) is 6.16. The average Bonchev–Trinajstić information content (AvgIpc) is 2.34. The van der Waals surface area contributed by atoms with Crippen molar-refractivity contribution in [2.24, 2.45) is 10.3 Å². The van der Waals surface area contributed by atoms with Gasteiger partial charge < -0.3 is 5.32 Å². The summed E-state index contributed by atoms with van der Waals surface area (Å²) in [5, 5.41) is 19.9. The number of likely N-dealkylation sites (N-methyl/N-ethyl adjacent to an activating group) is 1. The number of anilines is 1. The van der Waals surface area contributed by atoms with E-state index in [0.29, 0.717) is 5.69 Å². The second-order valence-electron chi connectivity index (χ2n) is 2.99. The maximum Gasteiger partial charge on any atom is 0.269 e. The number of hydrogen-bond donors (Lipinski definition) is 2. The Morgan fingerprint density at radius 3 is 2.59 bits per heavy atom. The zero-order valence-electron chi connectivity index (χ0n) is 9.08. The highest BCUT2D eigenvalue weighted by atomic mass is 16.6. The number of nitro benzene ring substituents is 1. The molecule has 1 aromatic rings. The number of nitrogens with one attached hydrogen (secondary N) is 2. The van der Waals surface area contributed by atoms with Gasteiger partial charge in [0, 0.05) is 19.2 Å². The molecule has 8 heteroatoms. The average molecular weight is 237 g/mol. The molecule has 0 spiro atoms. The van der Waals surface area contributed by atoms with Gasteiger partial charge in [-0.15, -0.1) is 0 Å². The van der Waals surface area contributed by atoms with Crippen LogP contribution < -0.4 is 10.7 Å². The van der Waals surface area contributed by atoms with Gasteiger partial charge >= 0.3 is 0 Å². The molecule has 0 unspecified atom stereocenters. The van der Waals surface area contributed by atoms with E-state index in [1.165, 1.54) is 31.3 Å². The minimum Gasteiger partial charge on any atom is -0.358 e. The molecule has 1 aromatic carbocycles. The Labute approximate surface area is 96.9 Å². The first-order chi connectivity index (χ1) is 8.13. The Hall–Kier alpha value is -2.51. The van der Waals surface area contributed by atoms with E-state index < -0.39 is 4.92 Å². The summed E-state index contributed by atoms with van der Waals surface area (Å²) >= 11 is 0. The molecule has 1 amide bonds. The molecule has 0 heterocycles. The Morgan fingerprint density at radius 2 is 2.06 bits per heavy atom. The summed E-state index contributed by atoms with van der Waals surface area (Å²) in [6.45, 7) is -0.0729. The third-order valence-electron chi connectivity index (χ3n) is 1.82. The summed E-state index contributed by atoms with van der Waals surface area (Å²) in [4.78, 5) is 20.7. The zero-order valence-corrected chi connectivity index (χ0v) is 9.08. The number of amides is 1. The van der Waals surface area contributed by atoms with Crippen molar-refractivity contribution >= 4 is 17.3 Å². The number of carbonyl (C=O) groups excluding carboxylic acids is 1. The smallest absolute Gasteiger partial charge is 0.269 e. The molecule has 0 aliphatic heterocycles. The number of carbonyl (C=O) groups is 1. The van der Waals surface area contributed by atoms with Crippen molar-refractivity contribution in [2.75, 3.05) is 19.0 Å². The normalized spacial score (nSPS) is 10.2. The van der Waals surface area contributed by atoms with Gasteiger partial charge in [0.15, 0.2) is 0 Å². The molecule has 0 bridgehead atoms. The number of hydrogen-bond acceptors (Lipinski definition) is 5. The van der Waals surface area contributed by atoms with Gasteiger partial charge in [-0.1, -0.05) is 5.22 Å². The molecular weight excluding hydrogens is 226 g/mol. The minimum atomic E-state index is -0.489. The Kier molecular flexibility index (Phi) is 4.55. The fourth-order valence-corrected chi connectivity index (χ4v) is 0.929. The number of benzene rings is 1. The monoisotopic (exact) mass is 237 g/mol. The highest BCUT2D eigenvalue weighted by Crippen LogP contribution is 2.15. The molecule has 0 saturated carbocycles. The van der Waals surface area contributed by atoms with Crippen molar-refractivity contribution in [3.63, 3.8) is 0 Å². The molecule has 0 aliphatic carbocycles. The van der Waals surface area contributed by atoms with Gasteiger partial charge in [-0.2, -0.15) is 5.11 Å². The first-order valence-corrected chi connectivity index (χ1v) is 4.71. The van der Waals surface area contributed by atoms with Gasteiger partial charge in [0.25, 0.3) is 5.69 Å². The standard InChI is InChI=1S/C9H11N5O3/c1-10-9(15)6-11-13-12-7-2-4-8(5-3-7)14(16)17/h2-5H,6H2,1H3,(H,10,15)(H,11,12). The molecule has 0 radical (unpaired) electrons. The van der Waals surface area contributed by atoms with Crippen LogP contribution in [0.1, 0.15) is 0 Å². The highest BCUT2D eigenvalue weighted by molar-refractivity contribution is 5.77. The summed E-state index contributed by atoms with van der Waals surface area (Å²) in [6, 6.07) is 5.68. The molecule has 0 aliphatic rings. The first-order valence-electron chi connectivity index (χ1n) is 4.71. The molecule has 0 atom stereocenters. The maximum atomic E-state index is 10.8. The van der Waals surface area contributed by atoms with E-state index in [1.54, 1.807) is 0 Å². The minimum absolute atomic E-state index is 0.00199. The van der Waals surface area contributed by atoms with Gasteiger partial charge in [-0.25, -0.2) is 0 Å². The van der Waals surface area contributed by atoms with E-state index in [0.717, 1.165) is 0 Å². The number of non-ortho nitro benzene ring substituents is 1. The summed E-state index contributed by atoms with van der Waals surface area (Å²) in [7, 11) is 1.50. The molecule has 8 nitrogen and oxygen atoms in total. The molecule has 17 heavy (non-hydrogen) atoms. The number of nitro groups is 1. The lowest BCUT2D eigenvalue weighted by molar-refractivity contribution is -0.384. The van der Waals surface area contributed by atoms with Crippen LogP contribution in [0.3, 0.4) is 0 Å². The second-order valence-corrected chi connectivity index (χ2v) is 2.99. The summed E-state index contributed by atoms with van der Waals surface area (Å²) in [6.07, 6.45) is 0. The Balaban J connectivity index is 2.47. The van der Waals surface area contributed by atoms with Crippen LogP contribution in [0.25, 0.3) is 0 Å². The van der Waals surface area contributed by atoms with Crippen LogP contribution in [-0.4, -0.2) is 24.4 Å². The molecule has 90 valence electrons. The summed E-state index contributed by atoms with van der Waals surface area (Å²) in [5.41, 5.74) is 3.10. The first kappa shape index (κ1) is 12.6. The highest BCUT2D eigenvalue weighted by Gasteiger charge is 2.02. The summed E-state index contributed by atoms with van der Waals surface area (Å²) < 4.78 is 0. The van der Waals surface area contributed by atoms with Crippen LogP contribution in [0.15, 0.2) is 34.6 Å². The SMILES string of the molecule is CNC(=O)CN=NNc1ccc([N+](=O)[O-])cc1. The predicted octanol–water partition coefficient (Wildman–Crippen LogP) is 1.12. The summed E-state index contributed by atoms with van der Waals surface area (Å²) in [5.74, 6) is -0.251. The fraction of sp³-hybridized carbons (Fsp3) is 0.222. The van der Waals surface area contributed by atoms with Gasteiger partial charge in [-0.3, -0.25) is 20.3 Å². The van der Waals surface area contributed by atoms with Crippen LogP contribution in [0, 0.1) is 10.1 Å². The zero-order chi connectivity index (χ0) is 12.7. The van der Waals surface area contributed by atoms with E-state index in [-0.39, 0.29) is 18.1 Å². The molecule has 1 rings (SSSR count). The van der Waals surface area contributed by atoms with Gasteiger partial charge in [0.1, 0.15) is 6.54 Å². The van der Waals surface area contributed by atoms with Crippen molar-refractivity contribution in [2.45, 2.75) is 0 Å². The fourth-order valence-electron chi connectivity index (χ4n) is 0.929. The van der Waals surface area contributed by atoms with Crippen molar-refractivity contribution in [1.82, 2.24) is 5.32 Å². The number of nitrogens with zero attached hydrogens (tertiary/aromatic N) is 3. The lowest BCUT2D eigenvalue weighted by atomic mass is 10.3. The molecular formula is C9H11N5O3. The van der Waals surface area contributed by atoms with Crippen molar-refractivity contribution in [3.8, 4) is 0 Å². The quantitative estimate of drug-likeness (QED) is 0.454. The van der Waals surface area contributed by atoms with Gasteiger partial charge in [0.2, 0.25) is 5.91 Å². The predicted molar refractivity (Wildman–Crippen MR) is 60.5 cm³/mol. The van der Waals surface area contributed by atoms with E-state index >= 15 is 0 Å². The number of rotatable bonds is 5. The van der Waals surface area contributed by atoms with Crippen LogP contribution in [0.5, 0.6) is 0 Å². The van der Waals surface area contributed by atoms with Crippen molar-refractivity contribution in [1.29, 1.82) is 0 Å². The van der Waals surface area contributed by atoms with Crippen molar-refractivity contribution < 1.29 is 9.72 Å². The van der Waals surface area contributed by atoms with Crippen LogP contribution in [0.2, 0.25) is 0 Å². The Morgan fingerprint density at radius 1 is 1.41 bits per heavy atom. The molecule has 2 N–H and O–H groups in total. The molecule has 0 saturated heterocycles. The molecule has 0 fully saturated rings. The van der Waals surface area contributed by atoms with Crippen LogP contribution in [0.4, 0.5) is 11.4 Å². The molecule has 0 aromatic heterocycles. The van der Waals surface area contributed by atoms with Crippen LogP contribution >= 0.6 is 0 Å².